The Morgan fingerprint density at radius 2 is 1.86 bits per heavy atom. The molecule has 35 heavy (non-hydrogen) atoms. The lowest BCUT2D eigenvalue weighted by Crippen LogP contribution is -2.05. The number of halogens is 3. The SMILES string of the molecule is COc1ccc(/C=C/C(=O)c2ccc(-n3ccnc3)cc2)cc1COc1cccc(C(F)(F)F)c1. The minimum atomic E-state index is -4.45. The number of allylic oxidation sites excluding steroid dienone is 1. The molecule has 0 unspecified atom stereocenters. The maximum absolute atomic E-state index is 12.9. The molecule has 0 N–H and O–H groups in total. The number of ether oxygens (including phenoxy) is 2. The Labute approximate surface area is 200 Å². The molecule has 4 rings (SSSR count). The molecule has 0 saturated heterocycles. The zero-order valence-electron chi connectivity index (χ0n) is 18.7. The van der Waals surface area contributed by atoms with E-state index in [0.717, 1.165) is 23.4 Å². The third-order valence-corrected chi connectivity index (χ3v) is 5.24. The summed E-state index contributed by atoms with van der Waals surface area (Å²) >= 11 is 0. The monoisotopic (exact) mass is 478 g/mol. The first-order valence-electron chi connectivity index (χ1n) is 10.6. The number of benzene rings is 3. The van der Waals surface area contributed by atoms with E-state index >= 15 is 0 Å². The predicted molar refractivity (Wildman–Crippen MR) is 126 cm³/mol. The van der Waals surface area contributed by atoms with Crippen LogP contribution in [0.1, 0.15) is 27.0 Å². The van der Waals surface area contributed by atoms with Crippen molar-refractivity contribution in [3.05, 3.63) is 114 Å². The van der Waals surface area contributed by atoms with Gasteiger partial charge in [0.25, 0.3) is 0 Å². The summed E-state index contributed by atoms with van der Waals surface area (Å²) in [6.45, 7) is -0.00414. The van der Waals surface area contributed by atoms with Crippen LogP contribution >= 0.6 is 0 Å². The van der Waals surface area contributed by atoms with Gasteiger partial charge in [0, 0.05) is 29.2 Å². The fourth-order valence-corrected chi connectivity index (χ4v) is 3.42. The molecule has 178 valence electrons. The number of nitrogens with zero attached hydrogens (tertiary/aromatic N) is 2. The van der Waals surface area contributed by atoms with Crippen LogP contribution in [0.15, 0.2) is 91.5 Å². The Hall–Kier alpha value is -4.33. The van der Waals surface area contributed by atoms with Crippen molar-refractivity contribution in [3.63, 3.8) is 0 Å². The van der Waals surface area contributed by atoms with Crippen molar-refractivity contribution < 1.29 is 27.4 Å². The van der Waals surface area contributed by atoms with Gasteiger partial charge in [-0.05, 0) is 66.2 Å². The molecule has 0 saturated carbocycles. The molecule has 4 aromatic rings. The average molecular weight is 478 g/mol. The molecule has 0 bridgehead atoms. The van der Waals surface area contributed by atoms with Crippen LogP contribution in [0.4, 0.5) is 13.2 Å². The van der Waals surface area contributed by atoms with Crippen LogP contribution in [0, 0.1) is 0 Å². The van der Waals surface area contributed by atoms with E-state index in [1.54, 1.807) is 48.9 Å². The third kappa shape index (κ3) is 5.97. The van der Waals surface area contributed by atoms with Gasteiger partial charge in [0.15, 0.2) is 5.78 Å². The molecule has 5 nitrogen and oxygen atoms in total. The van der Waals surface area contributed by atoms with Gasteiger partial charge in [-0.3, -0.25) is 4.79 Å². The lowest BCUT2D eigenvalue weighted by Gasteiger charge is -2.13. The maximum atomic E-state index is 12.9. The summed E-state index contributed by atoms with van der Waals surface area (Å²) in [5, 5.41) is 0. The van der Waals surface area contributed by atoms with Crippen molar-refractivity contribution >= 4 is 11.9 Å². The van der Waals surface area contributed by atoms with Gasteiger partial charge in [0.05, 0.1) is 19.0 Å². The number of rotatable bonds is 8. The highest BCUT2D eigenvalue weighted by Gasteiger charge is 2.30. The van der Waals surface area contributed by atoms with E-state index in [0.29, 0.717) is 16.9 Å². The minimum absolute atomic E-state index is 0.00414. The molecule has 1 aromatic heterocycles. The van der Waals surface area contributed by atoms with E-state index in [1.807, 2.05) is 22.9 Å². The largest absolute Gasteiger partial charge is 0.496 e. The number of imidazole rings is 1. The van der Waals surface area contributed by atoms with Crippen molar-refractivity contribution in [2.45, 2.75) is 12.8 Å². The molecule has 0 aliphatic carbocycles. The highest BCUT2D eigenvalue weighted by atomic mass is 19.4. The summed E-state index contributed by atoms with van der Waals surface area (Å²) in [5.41, 5.74) is 1.99. The van der Waals surface area contributed by atoms with E-state index in [-0.39, 0.29) is 18.1 Å². The van der Waals surface area contributed by atoms with Gasteiger partial charge < -0.3 is 14.0 Å². The number of alkyl halides is 3. The van der Waals surface area contributed by atoms with Crippen LogP contribution in [0.25, 0.3) is 11.8 Å². The van der Waals surface area contributed by atoms with E-state index in [9.17, 15) is 18.0 Å². The van der Waals surface area contributed by atoms with Gasteiger partial charge in [-0.15, -0.1) is 0 Å². The van der Waals surface area contributed by atoms with Crippen molar-refractivity contribution in [1.82, 2.24) is 9.55 Å². The van der Waals surface area contributed by atoms with Crippen LogP contribution in [0.5, 0.6) is 11.5 Å². The molecule has 0 atom stereocenters. The molecule has 0 aliphatic heterocycles. The molecule has 0 radical (unpaired) electrons. The van der Waals surface area contributed by atoms with Crippen molar-refractivity contribution in [3.8, 4) is 17.2 Å². The summed E-state index contributed by atoms with van der Waals surface area (Å²) in [6.07, 6.45) is 3.85. The lowest BCUT2D eigenvalue weighted by molar-refractivity contribution is -0.137. The smallest absolute Gasteiger partial charge is 0.416 e. The number of carbonyl (C=O) groups excluding carboxylic acids is 1. The summed E-state index contributed by atoms with van der Waals surface area (Å²) in [5.74, 6) is 0.451. The van der Waals surface area contributed by atoms with Crippen LogP contribution in [0.2, 0.25) is 0 Å². The predicted octanol–water partition coefficient (Wildman–Crippen LogP) is 6.37. The van der Waals surface area contributed by atoms with Gasteiger partial charge >= 0.3 is 6.18 Å². The molecule has 0 aliphatic rings. The first-order valence-corrected chi connectivity index (χ1v) is 10.6. The van der Waals surface area contributed by atoms with Crippen LogP contribution in [-0.2, 0) is 12.8 Å². The van der Waals surface area contributed by atoms with Crippen molar-refractivity contribution in [2.75, 3.05) is 7.11 Å². The lowest BCUT2D eigenvalue weighted by atomic mass is 10.1. The summed E-state index contributed by atoms with van der Waals surface area (Å²) in [6, 6.07) is 17.1. The quantitative estimate of drug-likeness (QED) is 0.218. The fourth-order valence-electron chi connectivity index (χ4n) is 3.42. The third-order valence-electron chi connectivity index (χ3n) is 5.24. The Morgan fingerprint density at radius 3 is 2.54 bits per heavy atom. The highest BCUT2D eigenvalue weighted by molar-refractivity contribution is 6.06. The summed E-state index contributed by atoms with van der Waals surface area (Å²) in [4.78, 5) is 16.6. The number of hydrogen-bond donors (Lipinski definition) is 0. The van der Waals surface area contributed by atoms with E-state index < -0.39 is 11.7 Å². The molecular weight excluding hydrogens is 457 g/mol. The molecule has 0 amide bonds. The first kappa shape index (κ1) is 23.8. The average Bonchev–Trinajstić information content (AvgIpc) is 3.41. The molecular formula is C27H21F3N2O3. The number of aromatic nitrogens is 2. The topological polar surface area (TPSA) is 53.4 Å². The molecule has 8 heteroatoms. The second-order valence-corrected chi connectivity index (χ2v) is 7.60. The van der Waals surface area contributed by atoms with Gasteiger partial charge in [0.2, 0.25) is 0 Å². The van der Waals surface area contributed by atoms with Gasteiger partial charge in [-0.25, -0.2) is 4.98 Å². The number of ketones is 1. The zero-order chi connectivity index (χ0) is 24.8. The van der Waals surface area contributed by atoms with Gasteiger partial charge in [-0.1, -0.05) is 18.2 Å². The van der Waals surface area contributed by atoms with Crippen molar-refractivity contribution in [2.24, 2.45) is 0 Å². The van der Waals surface area contributed by atoms with Crippen molar-refractivity contribution in [1.29, 1.82) is 0 Å². The minimum Gasteiger partial charge on any atom is -0.496 e. The summed E-state index contributed by atoms with van der Waals surface area (Å²) in [7, 11) is 1.50. The first-order chi connectivity index (χ1) is 16.8. The van der Waals surface area contributed by atoms with E-state index in [2.05, 4.69) is 4.98 Å². The van der Waals surface area contributed by atoms with E-state index in [1.165, 1.54) is 25.3 Å². The Morgan fingerprint density at radius 1 is 1.06 bits per heavy atom. The maximum Gasteiger partial charge on any atom is 0.416 e. The number of methoxy groups -OCH3 is 1. The zero-order valence-corrected chi connectivity index (χ0v) is 18.7. The molecule has 0 spiro atoms. The molecule has 1 heterocycles. The Balaban J connectivity index is 1.46. The van der Waals surface area contributed by atoms with Crippen LogP contribution in [0.3, 0.4) is 0 Å². The standard InChI is InChI=1S/C27H21F3N2O3/c1-34-26-12-6-19(15-21(26)17-35-24-4-2-3-22(16-24)27(28,29)30)5-11-25(33)20-7-9-23(10-8-20)32-14-13-31-18-32/h2-16,18H,17H2,1H3/b11-5+. The van der Waals surface area contributed by atoms with Gasteiger partial charge in [0.1, 0.15) is 18.1 Å². The summed E-state index contributed by atoms with van der Waals surface area (Å²) < 4.78 is 51.6. The Kier molecular flexibility index (Phi) is 7.01. The van der Waals surface area contributed by atoms with Crippen LogP contribution in [-0.4, -0.2) is 22.4 Å². The fraction of sp³-hybridized carbons (Fsp3) is 0.111. The highest BCUT2D eigenvalue weighted by Crippen LogP contribution is 2.32. The Bertz CT molecular complexity index is 1330. The normalized spacial score (nSPS) is 11.5. The van der Waals surface area contributed by atoms with E-state index in [4.69, 9.17) is 9.47 Å². The second kappa shape index (κ2) is 10.3. The number of hydrogen-bond acceptors (Lipinski definition) is 4. The molecule has 3 aromatic carbocycles. The molecule has 0 fully saturated rings. The second-order valence-electron chi connectivity index (χ2n) is 7.60. The number of carbonyl (C=O) groups is 1. The van der Waals surface area contributed by atoms with Gasteiger partial charge in [-0.2, -0.15) is 13.2 Å². The van der Waals surface area contributed by atoms with Crippen LogP contribution < -0.4 is 9.47 Å².